The fourth-order valence-electron chi connectivity index (χ4n) is 2.88. The summed E-state index contributed by atoms with van der Waals surface area (Å²) in [5.41, 5.74) is 3.66. The highest BCUT2D eigenvalue weighted by atomic mass is 32.2. The molecule has 1 aliphatic heterocycles. The number of carbonyl (C=O) groups is 1. The monoisotopic (exact) mass is 419 g/mol. The zero-order valence-electron chi connectivity index (χ0n) is 16.2. The third-order valence-corrected chi connectivity index (χ3v) is 5.52. The number of aryl methyl sites for hydroxylation is 2. The second kappa shape index (κ2) is 8.00. The van der Waals surface area contributed by atoms with Crippen LogP contribution in [0.1, 0.15) is 16.9 Å². The van der Waals surface area contributed by atoms with Crippen molar-refractivity contribution >= 4 is 40.3 Å². The minimum atomic E-state index is -0.453. The van der Waals surface area contributed by atoms with E-state index in [1.807, 2.05) is 32.0 Å². The Kier molecular flexibility index (Phi) is 5.24. The molecule has 1 N–H and O–H groups in total. The number of nitrogens with zero attached hydrogens (tertiary/aromatic N) is 2. The van der Waals surface area contributed by atoms with Gasteiger partial charge in [0.05, 0.1) is 15.5 Å². The Morgan fingerprint density at radius 2 is 1.93 bits per heavy atom. The smallest absolute Gasteiger partial charge is 0.270 e. The van der Waals surface area contributed by atoms with E-state index in [2.05, 4.69) is 10.3 Å². The zero-order chi connectivity index (χ0) is 21.3. The summed E-state index contributed by atoms with van der Waals surface area (Å²) < 4.78 is 5.76. The van der Waals surface area contributed by atoms with Crippen molar-refractivity contribution in [3.8, 4) is 11.3 Å². The molecule has 0 atom stereocenters. The van der Waals surface area contributed by atoms with E-state index in [9.17, 15) is 14.9 Å². The van der Waals surface area contributed by atoms with Gasteiger partial charge in [-0.25, -0.2) is 4.99 Å². The Morgan fingerprint density at radius 3 is 2.70 bits per heavy atom. The number of thioether (sulfide) groups is 1. The number of aliphatic imine (C=N–C) groups is 1. The van der Waals surface area contributed by atoms with E-state index in [1.54, 1.807) is 30.3 Å². The van der Waals surface area contributed by atoms with Gasteiger partial charge in [0.15, 0.2) is 5.17 Å². The molecule has 0 unspecified atom stereocenters. The summed E-state index contributed by atoms with van der Waals surface area (Å²) in [4.78, 5) is 27.8. The van der Waals surface area contributed by atoms with Crippen molar-refractivity contribution in [1.82, 2.24) is 5.32 Å². The topological polar surface area (TPSA) is 97.7 Å². The minimum Gasteiger partial charge on any atom is -0.457 e. The summed E-state index contributed by atoms with van der Waals surface area (Å²) in [7, 11) is 0. The molecule has 7 nitrogen and oxygen atoms in total. The first-order chi connectivity index (χ1) is 14.4. The molecule has 2 heterocycles. The van der Waals surface area contributed by atoms with Crippen molar-refractivity contribution in [3.05, 3.63) is 86.5 Å². The number of amidine groups is 1. The van der Waals surface area contributed by atoms with Crippen LogP contribution >= 0.6 is 11.8 Å². The summed E-state index contributed by atoms with van der Waals surface area (Å²) >= 11 is 1.23. The predicted octanol–water partition coefficient (Wildman–Crippen LogP) is 5.36. The van der Waals surface area contributed by atoms with Gasteiger partial charge in [0.1, 0.15) is 11.5 Å². The molecule has 8 heteroatoms. The maximum Gasteiger partial charge on any atom is 0.270 e. The fourth-order valence-corrected chi connectivity index (χ4v) is 3.70. The van der Waals surface area contributed by atoms with E-state index < -0.39 is 4.92 Å². The zero-order valence-corrected chi connectivity index (χ0v) is 17.0. The molecule has 1 aliphatic rings. The number of carbonyl (C=O) groups excluding carboxylic acids is 1. The molecule has 2 aromatic carbocycles. The Balaban J connectivity index is 1.55. The molecule has 0 aliphatic carbocycles. The van der Waals surface area contributed by atoms with Gasteiger partial charge in [-0.05, 0) is 61.0 Å². The summed E-state index contributed by atoms with van der Waals surface area (Å²) in [6, 6.07) is 15.5. The van der Waals surface area contributed by atoms with Crippen LogP contribution in [0.2, 0.25) is 0 Å². The maximum absolute atomic E-state index is 12.3. The molecule has 0 spiro atoms. The van der Waals surface area contributed by atoms with E-state index in [0.717, 1.165) is 11.3 Å². The lowest BCUT2D eigenvalue weighted by molar-refractivity contribution is -0.384. The average Bonchev–Trinajstić information content (AvgIpc) is 3.32. The number of rotatable bonds is 4. The predicted molar refractivity (Wildman–Crippen MR) is 118 cm³/mol. The van der Waals surface area contributed by atoms with Crippen LogP contribution in [0.3, 0.4) is 0 Å². The number of nitro benzene ring substituents is 1. The Labute approximate surface area is 176 Å². The fraction of sp³-hybridized carbons (Fsp3) is 0.0909. The number of nitro groups is 1. The third-order valence-electron chi connectivity index (χ3n) is 4.61. The first-order valence-corrected chi connectivity index (χ1v) is 9.92. The summed E-state index contributed by atoms with van der Waals surface area (Å²) in [5.74, 6) is 0.704. The lowest BCUT2D eigenvalue weighted by atomic mass is 10.1. The highest BCUT2D eigenvalue weighted by molar-refractivity contribution is 8.18. The van der Waals surface area contributed by atoms with Gasteiger partial charge >= 0.3 is 0 Å². The van der Waals surface area contributed by atoms with Crippen LogP contribution in [0.5, 0.6) is 0 Å². The van der Waals surface area contributed by atoms with Crippen molar-refractivity contribution < 1.29 is 14.1 Å². The van der Waals surface area contributed by atoms with Crippen LogP contribution in [0.25, 0.3) is 17.4 Å². The van der Waals surface area contributed by atoms with Crippen LogP contribution in [-0.2, 0) is 4.79 Å². The van der Waals surface area contributed by atoms with Crippen LogP contribution in [-0.4, -0.2) is 16.0 Å². The molecule has 1 aromatic heterocycles. The van der Waals surface area contributed by atoms with Crippen molar-refractivity contribution in [2.75, 3.05) is 0 Å². The quantitative estimate of drug-likeness (QED) is 0.349. The second-order valence-electron chi connectivity index (χ2n) is 6.76. The highest BCUT2D eigenvalue weighted by Crippen LogP contribution is 2.31. The molecule has 0 radical (unpaired) electrons. The van der Waals surface area contributed by atoms with Crippen molar-refractivity contribution in [2.24, 2.45) is 4.99 Å². The number of amides is 1. The molecule has 1 saturated heterocycles. The van der Waals surface area contributed by atoms with Crippen LogP contribution in [0.15, 0.2) is 68.9 Å². The number of nitrogens with one attached hydrogen (secondary N) is 1. The molecule has 1 fully saturated rings. The molecule has 3 aromatic rings. The van der Waals surface area contributed by atoms with E-state index in [4.69, 9.17) is 4.42 Å². The summed E-state index contributed by atoms with van der Waals surface area (Å²) in [6.45, 7) is 4.05. The second-order valence-corrected chi connectivity index (χ2v) is 7.79. The number of hydrogen-bond acceptors (Lipinski definition) is 6. The number of benzene rings is 2. The lowest BCUT2D eigenvalue weighted by Crippen LogP contribution is -2.19. The van der Waals surface area contributed by atoms with Crippen LogP contribution in [0, 0.1) is 24.0 Å². The van der Waals surface area contributed by atoms with E-state index in [-0.39, 0.29) is 11.6 Å². The van der Waals surface area contributed by atoms with Gasteiger partial charge in [-0.2, -0.15) is 0 Å². The Hall–Kier alpha value is -3.65. The number of furan rings is 1. The van der Waals surface area contributed by atoms with Crippen molar-refractivity contribution in [3.63, 3.8) is 0 Å². The first kappa shape index (κ1) is 19.7. The molecular weight excluding hydrogens is 402 g/mol. The maximum atomic E-state index is 12.3. The minimum absolute atomic E-state index is 0.0123. The van der Waals surface area contributed by atoms with Gasteiger partial charge in [0, 0.05) is 23.8 Å². The summed E-state index contributed by atoms with van der Waals surface area (Å²) in [6.07, 6.45) is 1.63. The molecule has 0 bridgehead atoms. The lowest BCUT2D eigenvalue weighted by Gasteiger charge is -2.01. The molecule has 0 saturated carbocycles. The van der Waals surface area contributed by atoms with Gasteiger partial charge in [0.25, 0.3) is 11.6 Å². The van der Waals surface area contributed by atoms with Gasteiger partial charge in [-0.15, -0.1) is 0 Å². The highest BCUT2D eigenvalue weighted by Gasteiger charge is 2.24. The largest absolute Gasteiger partial charge is 0.457 e. The van der Waals surface area contributed by atoms with E-state index in [0.29, 0.717) is 27.2 Å². The van der Waals surface area contributed by atoms with Crippen molar-refractivity contribution in [2.45, 2.75) is 13.8 Å². The van der Waals surface area contributed by atoms with Crippen molar-refractivity contribution in [1.29, 1.82) is 0 Å². The molecule has 30 heavy (non-hydrogen) atoms. The van der Waals surface area contributed by atoms with E-state index >= 15 is 0 Å². The normalized spacial score (nSPS) is 16.3. The number of hydrogen-bond donors (Lipinski definition) is 1. The van der Waals surface area contributed by atoms with Crippen LogP contribution < -0.4 is 5.32 Å². The number of non-ortho nitro benzene ring substituents is 1. The Morgan fingerprint density at radius 1 is 1.10 bits per heavy atom. The Bertz CT molecular complexity index is 1230. The van der Waals surface area contributed by atoms with Gasteiger partial charge in [0.2, 0.25) is 0 Å². The van der Waals surface area contributed by atoms with Gasteiger partial charge in [-0.1, -0.05) is 18.2 Å². The van der Waals surface area contributed by atoms with E-state index in [1.165, 1.54) is 29.5 Å². The standard InChI is InChI=1S/C22H17N3O4S/c1-13-6-7-16(10-14(13)2)23-22-24-21(26)20(30-22)12-18-8-9-19(29-18)15-4-3-5-17(11-15)25(27)28/h3-12H,1-2H3,(H,23,24,26). The summed E-state index contributed by atoms with van der Waals surface area (Å²) in [5, 5.41) is 14.2. The molecular formula is C22H17N3O4S. The molecule has 4 rings (SSSR count). The van der Waals surface area contributed by atoms with Gasteiger partial charge < -0.3 is 9.73 Å². The van der Waals surface area contributed by atoms with Crippen LogP contribution in [0.4, 0.5) is 11.4 Å². The molecule has 150 valence electrons. The first-order valence-electron chi connectivity index (χ1n) is 9.10. The third kappa shape index (κ3) is 4.18. The average molecular weight is 419 g/mol. The SMILES string of the molecule is Cc1ccc(N=C2NC(=O)C(=Cc3ccc(-c4cccc([N+](=O)[O-])c4)o3)S2)cc1C. The van der Waals surface area contributed by atoms with Gasteiger partial charge in [-0.3, -0.25) is 14.9 Å². The molecule has 1 amide bonds.